The highest BCUT2D eigenvalue weighted by atomic mass is 32.1. The number of likely N-dealkylation sites (tertiary alicyclic amines) is 1. The zero-order chi connectivity index (χ0) is 14.5. The average molecular weight is 295 g/mol. The average Bonchev–Trinajstić information content (AvgIpc) is 2.97. The molecule has 1 aliphatic heterocycles. The standard InChI is InChI=1S/C15H25N3OS/c1-4-12-8-18(15(19)11(2)3)6-5-14(12)16-7-13-9-20-10-17-13/h9-12,14,16H,4-8H2,1-3H3/t12-,14+/m1/s1. The van der Waals surface area contributed by atoms with E-state index < -0.39 is 0 Å². The SMILES string of the molecule is CC[C@@H]1CN(C(=O)C(C)C)CC[C@@H]1NCc1cscn1. The van der Waals surface area contributed by atoms with Gasteiger partial charge in [0.05, 0.1) is 11.2 Å². The minimum absolute atomic E-state index is 0.104. The number of carbonyl (C=O) groups is 1. The first-order valence-electron chi connectivity index (χ1n) is 7.51. The normalized spacial score (nSPS) is 23.3. The lowest BCUT2D eigenvalue weighted by Gasteiger charge is -2.39. The van der Waals surface area contributed by atoms with Crippen LogP contribution < -0.4 is 5.32 Å². The smallest absolute Gasteiger partial charge is 0.225 e. The second kappa shape index (κ2) is 7.18. The Morgan fingerprint density at radius 2 is 2.40 bits per heavy atom. The number of amides is 1. The van der Waals surface area contributed by atoms with Crippen LogP contribution in [-0.4, -0.2) is 34.9 Å². The molecule has 0 spiro atoms. The second-order valence-corrected chi connectivity index (χ2v) is 6.58. The minimum atomic E-state index is 0.104. The van der Waals surface area contributed by atoms with E-state index in [9.17, 15) is 4.79 Å². The molecule has 0 radical (unpaired) electrons. The van der Waals surface area contributed by atoms with E-state index >= 15 is 0 Å². The molecular weight excluding hydrogens is 270 g/mol. The number of aromatic nitrogens is 1. The van der Waals surface area contributed by atoms with Gasteiger partial charge in [0, 0.05) is 37.0 Å². The minimum Gasteiger partial charge on any atom is -0.342 e. The van der Waals surface area contributed by atoms with Gasteiger partial charge >= 0.3 is 0 Å². The monoisotopic (exact) mass is 295 g/mol. The Morgan fingerprint density at radius 3 is 3.00 bits per heavy atom. The fourth-order valence-corrected chi connectivity index (χ4v) is 3.40. The Labute approximate surface area is 125 Å². The van der Waals surface area contributed by atoms with Crippen LogP contribution in [0.25, 0.3) is 0 Å². The van der Waals surface area contributed by atoms with E-state index in [1.165, 1.54) is 0 Å². The quantitative estimate of drug-likeness (QED) is 0.908. The van der Waals surface area contributed by atoms with E-state index in [0.717, 1.165) is 38.2 Å². The third-order valence-electron chi connectivity index (χ3n) is 4.09. The highest BCUT2D eigenvalue weighted by Crippen LogP contribution is 2.22. The van der Waals surface area contributed by atoms with Gasteiger partial charge < -0.3 is 10.2 Å². The molecule has 1 aromatic rings. The summed E-state index contributed by atoms with van der Waals surface area (Å²) in [6, 6.07) is 0.498. The summed E-state index contributed by atoms with van der Waals surface area (Å²) in [5, 5.41) is 5.71. The van der Waals surface area contributed by atoms with Crippen molar-refractivity contribution in [2.24, 2.45) is 11.8 Å². The number of hydrogen-bond acceptors (Lipinski definition) is 4. The lowest BCUT2D eigenvalue weighted by atomic mass is 9.89. The molecule has 2 atom stereocenters. The number of nitrogens with one attached hydrogen (secondary N) is 1. The Morgan fingerprint density at radius 1 is 1.60 bits per heavy atom. The van der Waals surface area contributed by atoms with E-state index in [1.807, 2.05) is 24.3 Å². The van der Waals surface area contributed by atoms with E-state index in [0.29, 0.717) is 17.9 Å². The van der Waals surface area contributed by atoms with Gasteiger partial charge in [0.15, 0.2) is 0 Å². The van der Waals surface area contributed by atoms with Crippen LogP contribution in [0, 0.1) is 11.8 Å². The van der Waals surface area contributed by atoms with Crippen LogP contribution in [0.15, 0.2) is 10.9 Å². The lowest BCUT2D eigenvalue weighted by molar-refractivity contribution is -0.136. The summed E-state index contributed by atoms with van der Waals surface area (Å²) >= 11 is 1.64. The van der Waals surface area contributed by atoms with Crippen molar-refractivity contribution < 1.29 is 4.79 Å². The van der Waals surface area contributed by atoms with Crippen LogP contribution in [-0.2, 0) is 11.3 Å². The third kappa shape index (κ3) is 3.79. The third-order valence-corrected chi connectivity index (χ3v) is 4.73. The Kier molecular flexibility index (Phi) is 5.54. The Balaban J connectivity index is 1.88. The highest BCUT2D eigenvalue weighted by molar-refractivity contribution is 7.07. The van der Waals surface area contributed by atoms with Crippen molar-refractivity contribution >= 4 is 17.2 Å². The molecule has 5 heteroatoms. The number of hydrogen-bond donors (Lipinski definition) is 1. The van der Waals surface area contributed by atoms with Crippen molar-refractivity contribution in [3.63, 3.8) is 0 Å². The van der Waals surface area contributed by atoms with Crippen molar-refractivity contribution in [3.8, 4) is 0 Å². The molecule has 1 aliphatic rings. The zero-order valence-corrected chi connectivity index (χ0v) is 13.4. The zero-order valence-electron chi connectivity index (χ0n) is 12.6. The summed E-state index contributed by atoms with van der Waals surface area (Å²) in [6.07, 6.45) is 2.15. The molecule has 4 nitrogen and oxygen atoms in total. The molecule has 2 rings (SSSR count). The van der Waals surface area contributed by atoms with E-state index in [4.69, 9.17) is 0 Å². The topological polar surface area (TPSA) is 45.2 Å². The first kappa shape index (κ1) is 15.4. The predicted molar refractivity (Wildman–Crippen MR) is 82.6 cm³/mol. The fraction of sp³-hybridized carbons (Fsp3) is 0.733. The van der Waals surface area contributed by atoms with E-state index in [1.54, 1.807) is 11.3 Å². The maximum atomic E-state index is 12.1. The summed E-state index contributed by atoms with van der Waals surface area (Å²) in [7, 11) is 0. The van der Waals surface area contributed by atoms with Crippen LogP contribution in [0.4, 0.5) is 0 Å². The van der Waals surface area contributed by atoms with Crippen LogP contribution >= 0.6 is 11.3 Å². The van der Waals surface area contributed by atoms with Crippen molar-refractivity contribution in [2.75, 3.05) is 13.1 Å². The van der Waals surface area contributed by atoms with Crippen LogP contribution in [0.2, 0.25) is 0 Å². The van der Waals surface area contributed by atoms with E-state index in [-0.39, 0.29) is 5.92 Å². The maximum absolute atomic E-state index is 12.1. The van der Waals surface area contributed by atoms with Crippen LogP contribution in [0.3, 0.4) is 0 Å². The molecule has 0 bridgehead atoms. The number of nitrogens with zero attached hydrogens (tertiary/aromatic N) is 2. The number of piperidine rings is 1. The van der Waals surface area contributed by atoms with Crippen molar-refractivity contribution in [2.45, 2.75) is 46.2 Å². The van der Waals surface area contributed by atoms with Gasteiger partial charge in [-0.15, -0.1) is 11.3 Å². The summed E-state index contributed by atoms with van der Waals surface area (Å²) in [5.41, 5.74) is 2.99. The van der Waals surface area contributed by atoms with Gasteiger partial charge in [-0.05, 0) is 12.3 Å². The molecule has 0 saturated carbocycles. The molecule has 20 heavy (non-hydrogen) atoms. The van der Waals surface area contributed by atoms with Crippen LogP contribution in [0.5, 0.6) is 0 Å². The molecule has 0 unspecified atom stereocenters. The van der Waals surface area contributed by atoms with Gasteiger partial charge in [0.2, 0.25) is 5.91 Å². The summed E-state index contributed by atoms with van der Waals surface area (Å²) in [5.74, 6) is 0.943. The van der Waals surface area contributed by atoms with Crippen LogP contribution in [0.1, 0.15) is 39.3 Å². The largest absolute Gasteiger partial charge is 0.342 e. The molecule has 2 heterocycles. The fourth-order valence-electron chi connectivity index (χ4n) is 2.84. The number of carbonyl (C=O) groups excluding carboxylic acids is 1. The molecule has 112 valence electrons. The predicted octanol–water partition coefficient (Wildman–Crippen LogP) is 2.52. The molecule has 1 N–H and O–H groups in total. The summed E-state index contributed by atoms with van der Waals surface area (Å²) in [6.45, 7) is 8.78. The molecule has 1 fully saturated rings. The van der Waals surface area contributed by atoms with Gasteiger partial charge in [-0.2, -0.15) is 0 Å². The molecule has 1 amide bonds. The molecule has 1 aromatic heterocycles. The Bertz CT molecular complexity index is 419. The molecule has 0 aromatic carbocycles. The van der Waals surface area contributed by atoms with E-state index in [2.05, 4.69) is 22.6 Å². The number of rotatable bonds is 5. The van der Waals surface area contributed by atoms with Crippen molar-refractivity contribution in [1.29, 1.82) is 0 Å². The number of thiazole rings is 1. The summed E-state index contributed by atoms with van der Waals surface area (Å²) in [4.78, 5) is 18.5. The second-order valence-electron chi connectivity index (χ2n) is 5.86. The van der Waals surface area contributed by atoms with Gasteiger partial charge in [-0.25, -0.2) is 4.98 Å². The van der Waals surface area contributed by atoms with Gasteiger partial charge in [0.25, 0.3) is 0 Å². The maximum Gasteiger partial charge on any atom is 0.225 e. The highest BCUT2D eigenvalue weighted by Gasteiger charge is 2.30. The lowest BCUT2D eigenvalue weighted by Crippen LogP contribution is -2.51. The van der Waals surface area contributed by atoms with Gasteiger partial charge in [-0.3, -0.25) is 4.79 Å². The van der Waals surface area contributed by atoms with Gasteiger partial charge in [0.1, 0.15) is 0 Å². The summed E-state index contributed by atoms with van der Waals surface area (Å²) < 4.78 is 0. The van der Waals surface area contributed by atoms with Gasteiger partial charge in [-0.1, -0.05) is 27.2 Å². The first-order valence-corrected chi connectivity index (χ1v) is 8.45. The van der Waals surface area contributed by atoms with Crippen molar-refractivity contribution in [1.82, 2.24) is 15.2 Å². The van der Waals surface area contributed by atoms with Crippen molar-refractivity contribution in [3.05, 3.63) is 16.6 Å². The Hall–Kier alpha value is -0.940. The molecular formula is C15H25N3OS. The molecule has 1 saturated heterocycles. The first-order chi connectivity index (χ1) is 9.61. The molecule has 0 aliphatic carbocycles.